The summed E-state index contributed by atoms with van der Waals surface area (Å²) in [5.74, 6) is -0.776. The number of hydrogen-bond donors (Lipinski definition) is 1. The number of carbonyl (C=O) groups excluding carboxylic acids is 2. The number of carbonyl (C=O) groups is 2. The SMILES string of the molecule is CCCCNc1ccc(C(=O)OCCOCCOCCOCCOCCOCCOCCOCCOCC(=O)OC)cc1. The van der Waals surface area contributed by atoms with Gasteiger partial charge in [-0.25, -0.2) is 9.59 Å². The number of anilines is 1. The van der Waals surface area contributed by atoms with Crippen molar-refractivity contribution in [2.24, 2.45) is 0 Å². The minimum absolute atomic E-state index is 0.0742. The Labute approximate surface area is 255 Å². The molecule has 0 aliphatic carbocycles. The summed E-state index contributed by atoms with van der Waals surface area (Å²) >= 11 is 0. The van der Waals surface area contributed by atoms with Crippen LogP contribution in [0, 0.1) is 0 Å². The molecule has 0 saturated carbocycles. The van der Waals surface area contributed by atoms with Gasteiger partial charge in [0.1, 0.15) is 13.2 Å². The van der Waals surface area contributed by atoms with Crippen molar-refractivity contribution in [1.82, 2.24) is 0 Å². The third-order valence-corrected chi connectivity index (χ3v) is 5.49. The second-order valence-electron chi connectivity index (χ2n) is 8.91. The highest BCUT2D eigenvalue weighted by Gasteiger charge is 2.07. The van der Waals surface area contributed by atoms with E-state index in [0.29, 0.717) is 105 Å². The van der Waals surface area contributed by atoms with Crippen molar-refractivity contribution in [2.75, 3.05) is 131 Å². The third kappa shape index (κ3) is 24.7. The number of ether oxygens (including phenoxy) is 10. The fraction of sp³-hybridized carbons (Fsp3) is 0.733. The first-order valence-electron chi connectivity index (χ1n) is 14.9. The molecule has 0 fully saturated rings. The van der Waals surface area contributed by atoms with Gasteiger partial charge in [-0.05, 0) is 30.7 Å². The topological polar surface area (TPSA) is 138 Å². The first-order chi connectivity index (χ1) is 21.2. The van der Waals surface area contributed by atoms with E-state index in [1.807, 2.05) is 12.1 Å². The van der Waals surface area contributed by atoms with E-state index in [-0.39, 0.29) is 19.2 Å². The summed E-state index contributed by atoms with van der Waals surface area (Å²) < 4.78 is 52.7. The summed E-state index contributed by atoms with van der Waals surface area (Å²) in [6.07, 6.45) is 2.24. The Morgan fingerprint density at radius 3 is 1.37 bits per heavy atom. The molecule has 248 valence electrons. The molecule has 0 amide bonds. The van der Waals surface area contributed by atoms with Crippen LogP contribution in [0.15, 0.2) is 24.3 Å². The molecule has 0 aliphatic heterocycles. The van der Waals surface area contributed by atoms with Crippen LogP contribution >= 0.6 is 0 Å². The van der Waals surface area contributed by atoms with Gasteiger partial charge in [-0.15, -0.1) is 0 Å². The number of unbranched alkanes of at least 4 members (excludes halogenated alkanes) is 1. The molecule has 1 aromatic carbocycles. The first kappa shape index (κ1) is 38.7. The number of methoxy groups -OCH3 is 1. The van der Waals surface area contributed by atoms with E-state index in [1.54, 1.807) is 12.1 Å². The molecule has 1 N–H and O–H groups in total. The molecule has 0 aliphatic rings. The van der Waals surface area contributed by atoms with E-state index in [4.69, 9.17) is 42.6 Å². The van der Waals surface area contributed by atoms with Crippen molar-refractivity contribution in [2.45, 2.75) is 19.8 Å². The summed E-state index contributed by atoms with van der Waals surface area (Å²) in [6.45, 7) is 9.69. The molecule has 1 aromatic rings. The molecule has 43 heavy (non-hydrogen) atoms. The molecule has 0 saturated heterocycles. The number of rotatable bonds is 31. The number of benzene rings is 1. The van der Waals surface area contributed by atoms with Crippen molar-refractivity contribution >= 4 is 17.6 Å². The number of nitrogens with one attached hydrogen (secondary N) is 1. The van der Waals surface area contributed by atoms with Gasteiger partial charge in [-0.3, -0.25) is 0 Å². The Morgan fingerprint density at radius 1 is 0.581 bits per heavy atom. The highest BCUT2D eigenvalue weighted by Crippen LogP contribution is 2.10. The van der Waals surface area contributed by atoms with Gasteiger partial charge >= 0.3 is 11.9 Å². The fourth-order valence-corrected chi connectivity index (χ4v) is 3.16. The van der Waals surface area contributed by atoms with Crippen molar-refractivity contribution in [3.63, 3.8) is 0 Å². The average Bonchev–Trinajstić information content (AvgIpc) is 3.02. The Hall–Kier alpha value is -2.36. The van der Waals surface area contributed by atoms with E-state index in [1.165, 1.54) is 7.11 Å². The number of hydrogen-bond acceptors (Lipinski definition) is 13. The third-order valence-electron chi connectivity index (χ3n) is 5.49. The Bertz CT molecular complexity index is 781. The van der Waals surface area contributed by atoms with Crippen molar-refractivity contribution in [3.8, 4) is 0 Å². The molecule has 0 spiro atoms. The van der Waals surface area contributed by atoms with Gasteiger partial charge in [0, 0.05) is 12.2 Å². The van der Waals surface area contributed by atoms with Crippen LogP contribution in [0.25, 0.3) is 0 Å². The van der Waals surface area contributed by atoms with Crippen molar-refractivity contribution < 1.29 is 57.0 Å². The lowest BCUT2D eigenvalue weighted by atomic mass is 10.2. The summed E-state index contributed by atoms with van der Waals surface area (Å²) in [6, 6.07) is 7.27. The maximum Gasteiger partial charge on any atom is 0.338 e. The fourth-order valence-electron chi connectivity index (χ4n) is 3.16. The summed E-state index contributed by atoms with van der Waals surface area (Å²) in [7, 11) is 1.31. The quantitative estimate of drug-likeness (QED) is 0.0965. The molecular weight excluding hydrogens is 566 g/mol. The standard InChI is InChI=1S/C30H51NO12/c1-3-4-9-31-28-7-5-27(6-8-28)30(33)43-25-24-41-21-20-39-17-16-37-13-12-35-10-11-36-14-15-38-18-19-40-22-23-42-26-29(32)34-2/h5-8,31H,3-4,9-26H2,1-2H3. The molecule has 0 atom stereocenters. The lowest BCUT2D eigenvalue weighted by molar-refractivity contribution is -0.146. The van der Waals surface area contributed by atoms with Gasteiger partial charge < -0.3 is 52.7 Å². The zero-order valence-corrected chi connectivity index (χ0v) is 25.9. The summed E-state index contributed by atoms with van der Waals surface area (Å²) in [5, 5.41) is 3.31. The van der Waals surface area contributed by atoms with Crippen LogP contribution < -0.4 is 5.32 Å². The largest absolute Gasteiger partial charge is 0.467 e. The van der Waals surface area contributed by atoms with Crippen molar-refractivity contribution in [1.29, 1.82) is 0 Å². The van der Waals surface area contributed by atoms with Crippen LogP contribution in [0.1, 0.15) is 30.1 Å². The second kappa shape index (κ2) is 29.7. The molecule has 13 heteroatoms. The number of esters is 2. The molecular formula is C30H51NO12. The lowest BCUT2D eigenvalue weighted by Crippen LogP contribution is -2.16. The molecule has 1 rings (SSSR count). The van der Waals surface area contributed by atoms with E-state index in [2.05, 4.69) is 17.0 Å². The lowest BCUT2D eigenvalue weighted by Gasteiger charge is -2.09. The van der Waals surface area contributed by atoms with Crippen molar-refractivity contribution in [3.05, 3.63) is 29.8 Å². The first-order valence-corrected chi connectivity index (χ1v) is 14.9. The molecule has 0 aromatic heterocycles. The normalized spacial score (nSPS) is 11.0. The van der Waals surface area contributed by atoms with E-state index in [0.717, 1.165) is 25.1 Å². The average molecular weight is 618 g/mol. The van der Waals surface area contributed by atoms with Gasteiger partial charge in [0.2, 0.25) is 0 Å². The molecule has 0 radical (unpaired) electrons. The Kier molecular flexibility index (Phi) is 26.7. The molecule has 13 nitrogen and oxygen atoms in total. The van der Waals surface area contributed by atoms with Gasteiger partial charge in [0.25, 0.3) is 0 Å². The zero-order valence-electron chi connectivity index (χ0n) is 25.9. The second-order valence-corrected chi connectivity index (χ2v) is 8.91. The minimum atomic E-state index is -0.411. The minimum Gasteiger partial charge on any atom is -0.467 e. The van der Waals surface area contributed by atoms with Crippen LogP contribution in [0.4, 0.5) is 5.69 Å². The highest BCUT2D eigenvalue weighted by atomic mass is 16.6. The van der Waals surface area contributed by atoms with Crippen LogP contribution in [-0.2, 0) is 52.2 Å². The van der Waals surface area contributed by atoms with Gasteiger partial charge in [0.15, 0.2) is 0 Å². The molecule has 0 unspecified atom stereocenters. The van der Waals surface area contributed by atoms with Crippen LogP contribution in [-0.4, -0.2) is 138 Å². The van der Waals surface area contributed by atoms with E-state index >= 15 is 0 Å². The highest BCUT2D eigenvalue weighted by molar-refractivity contribution is 5.89. The Morgan fingerprint density at radius 2 is 0.977 bits per heavy atom. The Balaban J connectivity index is 1.74. The maximum atomic E-state index is 12.1. The van der Waals surface area contributed by atoms with E-state index in [9.17, 15) is 9.59 Å². The van der Waals surface area contributed by atoms with E-state index < -0.39 is 5.97 Å². The van der Waals surface area contributed by atoms with Crippen LogP contribution in [0.2, 0.25) is 0 Å². The van der Waals surface area contributed by atoms with Gasteiger partial charge in [-0.1, -0.05) is 13.3 Å². The van der Waals surface area contributed by atoms with Gasteiger partial charge in [0.05, 0.1) is 112 Å². The summed E-state index contributed by atoms with van der Waals surface area (Å²) in [4.78, 5) is 22.9. The zero-order chi connectivity index (χ0) is 31.1. The molecule has 0 heterocycles. The predicted molar refractivity (Wildman–Crippen MR) is 159 cm³/mol. The monoisotopic (exact) mass is 617 g/mol. The van der Waals surface area contributed by atoms with Gasteiger partial charge in [-0.2, -0.15) is 0 Å². The maximum absolute atomic E-state index is 12.1. The summed E-state index contributed by atoms with van der Waals surface area (Å²) in [5.41, 5.74) is 1.51. The smallest absolute Gasteiger partial charge is 0.338 e. The van der Waals surface area contributed by atoms with Crippen LogP contribution in [0.3, 0.4) is 0 Å². The molecule has 0 bridgehead atoms. The van der Waals surface area contributed by atoms with Crippen LogP contribution in [0.5, 0.6) is 0 Å². The predicted octanol–water partition coefficient (Wildman–Crippen LogP) is 2.36.